The summed E-state index contributed by atoms with van der Waals surface area (Å²) in [6.45, 7) is 5.74. The first-order valence-electron chi connectivity index (χ1n) is 4.39. The molecule has 0 spiro atoms. The van der Waals surface area contributed by atoms with E-state index in [1.807, 2.05) is 18.7 Å². The molecule has 1 saturated heterocycles. The van der Waals surface area contributed by atoms with Crippen molar-refractivity contribution in [3.05, 3.63) is 11.8 Å². The van der Waals surface area contributed by atoms with E-state index in [1.54, 1.807) is 6.20 Å². The van der Waals surface area contributed by atoms with Crippen LogP contribution in [0.1, 0.15) is 26.7 Å². The molecule has 0 saturated carbocycles. The van der Waals surface area contributed by atoms with Crippen molar-refractivity contribution >= 4 is 6.03 Å². The predicted octanol–water partition coefficient (Wildman–Crippen LogP) is 1.72. The van der Waals surface area contributed by atoms with Crippen molar-refractivity contribution in [1.82, 2.24) is 10.2 Å². The number of carbonyl (C=O) groups excluding carboxylic acids is 1. The number of hydrogen-bond donors (Lipinski definition) is 1. The van der Waals surface area contributed by atoms with Gasteiger partial charge < -0.3 is 10.2 Å². The molecule has 1 fully saturated rings. The molecule has 2 amide bonds. The van der Waals surface area contributed by atoms with Crippen molar-refractivity contribution in [2.24, 2.45) is 0 Å². The smallest absolute Gasteiger partial charge is 0.321 e. The summed E-state index contributed by atoms with van der Waals surface area (Å²) < 4.78 is 0. The lowest BCUT2D eigenvalue weighted by molar-refractivity contribution is 0.212. The molecule has 1 aliphatic heterocycles. The highest BCUT2D eigenvalue weighted by molar-refractivity contribution is 5.75. The fraction of sp³-hybridized carbons (Fsp3) is 0.667. The topological polar surface area (TPSA) is 32.3 Å². The molecule has 0 aromatic rings. The van der Waals surface area contributed by atoms with Gasteiger partial charge in [-0.05, 0) is 26.7 Å². The maximum Gasteiger partial charge on any atom is 0.321 e. The van der Waals surface area contributed by atoms with Crippen molar-refractivity contribution in [3.63, 3.8) is 0 Å². The van der Waals surface area contributed by atoms with Gasteiger partial charge in [-0.15, -0.1) is 0 Å². The zero-order chi connectivity index (χ0) is 8.97. The van der Waals surface area contributed by atoms with Crippen molar-refractivity contribution in [1.29, 1.82) is 0 Å². The van der Waals surface area contributed by atoms with Gasteiger partial charge in [0.25, 0.3) is 0 Å². The Balaban J connectivity index is 2.32. The highest BCUT2D eigenvalue weighted by atomic mass is 16.2. The maximum absolute atomic E-state index is 11.3. The van der Waals surface area contributed by atoms with E-state index in [0.29, 0.717) is 0 Å². The highest BCUT2D eigenvalue weighted by Crippen LogP contribution is 2.06. The van der Waals surface area contributed by atoms with Crippen LogP contribution in [0.25, 0.3) is 0 Å². The molecule has 12 heavy (non-hydrogen) atoms. The van der Waals surface area contributed by atoms with Crippen LogP contribution in [0.2, 0.25) is 0 Å². The number of nitrogens with one attached hydrogen (secondary N) is 1. The summed E-state index contributed by atoms with van der Waals surface area (Å²) in [5, 5.41) is 2.75. The van der Waals surface area contributed by atoms with E-state index < -0.39 is 0 Å². The van der Waals surface area contributed by atoms with E-state index in [-0.39, 0.29) is 6.03 Å². The zero-order valence-electron chi connectivity index (χ0n) is 7.76. The molecule has 0 unspecified atom stereocenters. The summed E-state index contributed by atoms with van der Waals surface area (Å²) in [4.78, 5) is 13.2. The van der Waals surface area contributed by atoms with Crippen LogP contribution >= 0.6 is 0 Å². The number of hydrogen-bond acceptors (Lipinski definition) is 1. The lowest BCUT2D eigenvalue weighted by atomic mass is 10.4. The third kappa shape index (κ3) is 2.57. The molecule has 3 heteroatoms. The van der Waals surface area contributed by atoms with Gasteiger partial charge in [-0.25, -0.2) is 4.79 Å². The summed E-state index contributed by atoms with van der Waals surface area (Å²) in [6, 6.07) is 0.0358. The minimum absolute atomic E-state index is 0.0358. The van der Waals surface area contributed by atoms with E-state index >= 15 is 0 Å². The Kier molecular flexibility index (Phi) is 3.14. The van der Waals surface area contributed by atoms with Gasteiger partial charge in [0.2, 0.25) is 0 Å². The van der Waals surface area contributed by atoms with Gasteiger partial charge in [0, 0.05) is 19.3 Å². The van der Waals surface area contributed by atoms with Gasteiger partial charge >= 0.3 is 6.03 Å². The molecule has 3 nitrogen and oxygen atoms in total. The highest BCUT2D eigenvalue weighted by Gasteiger charge is 2.16. The monoisotopic (exact) mass is 168 g/mol. The van der Waals surface area contributed by atoms with E-state index in [2.05, 4.69) is 5.32 Å². The Bertz CT molecular complexity index is 189. The number of rotatable bonds is 1. The second-order valence-electron chi connectivity index (χ2n) is 3.37. The van der Waals surface area contributed by atoms with Crippen LogP contribution < -0.4 is 5.32 Å². The molecular weight excluding hydrogens is 152 g/mol. The van der Waals surface area contributed by atoms with Crippen molar-refractivity contribution in [2.75, 3.05) is 13.1 Å². The number of allylic oxidation sites excluding steroid dienone is 1. The lowest BCUT2D eigenvalue weighted by Gasteiger charge is -2.14. The van der Waals surface area contributed by atoms with Crippen molar-refractivity contribution in [3.8, 4) is 0 Å². The van der Waals surface area contributed by atoms with Crippen LogP contribution in [0.3, 0.4) is 0 Å². The molecule has 1 aliphatic rings. The third-order valence-corrected chi connectivity index (χ3v) is 1.88. The van der Waals surface area contributed by atoms with Crippen LogP contribution in [0.4, 0.5) is 4.79 Å². The average molecular weight is 168 g/mol. The van der Waals surface area contributed by atoms with Crippen molar-refractivity contribution < 1.29 is 4.79 Å². The van der Waals surface area contributed by atoms with Crippen LogP contribution in [0.15, 0.2) is 11.8 Å². The van der Waals surface area contributed by atoms with Crippen LogP contribution in [-0.4, -0.2) is 24.0 Å². The number of carbonyl (C=O) groups is 1. The minimum Gasteiger partial charge on any atom is -0.325 e. The van der Waals surface area contributed by atoms with Gasteiger partial charge in [-0.1, -0.05) is 5.57 Å². The van der Waals surface area contributed by atoms with Crippen LogP contribution in [-0.2, 0) is 0 Å². The fourth-order valence-corrected chi connectivity index (χ4v) is 1.22. The molecule has 68 valence electrons. The van der Waals surface area contributed by atoms with Gasteiger partial charge in [0.05, 0.1) is 0 Å². The van der Waals surface area contributed by atoms with E-state index in [9.17, 15) is 4.79 Å². The van der Waals surface area contributed by atoms with E-state index in [1.165, 1.54) is 0 Å². The standard InChI is InChI=1S/C9H16N2O/c1-8(2)7-10-9(12)11-5-3-4-6-11/h7H,3-6H2,1-2H3,(H,10,12). The molecular formula is C9H16N2O. The molecule has 0 aromatic heterocycles. The number of likely N-dealkylation sites (tertiary alicyclic amines) is 1. The first-order valence-corrected chi connectivity index (χ1v) is 4.39. The summed E-state index contributed by atoms with van der Waals surface area (Å²) in [6.07, 6.45) is 4.03. The van der Waals surface area contributed by atoms with Gasteiger partial charge in [0.1, 0.15) is 0 Å². The molecule has 0 atom stereocenters. The summed E-state index contributed by atoms with van der Waals surface area (Å²) >= 11 is 0. The molecule has 1 rings (SSSR count). The third-order valence-electron chi connectivity index (χ3n) is 1.88. The molecule has 0 bridgehead atoms. The molecule has 0 aromatic carbocycles. The fourth-order valence-electron chi connectivity index (χ4n) is 1.22. The Morgan fingerprint density at radius 2 is 1.92 bits per heavy atom. The Morgan fingerprint density at radius 1 is 1.33 bits per heavy atom. The van der Waals surface area contributed by atoms with Crippen LogP contribution in [0, 0.1) is 0 Å². The normalized spacial score (nSPS) is 16.0. The van der Waals surface area contributed by atoms with E-state index in [4.69, 9.17) is 0 Å². The second kappa shape index (κ2) is 4.14. The number of nitrogens with zero attached hydrogens (tertiary/aromatic N) is 1. The Morgan fingerprint density at radius 3 is 2.42 bits per heavy atom. The van der Waals surface area contributed by atoms with Crippen molar-refractivity contribution in [2.45, 2.75) is 26.7 Å². The van der Waals surface area contributed by atoms with Gasteiger partial charge in [-0.2, -0.15) is 0 Å². The largest absolute Gasteiger partial charge is 0.325 e. The maximum atomic E-state index is 11.3. The predicted molar refractivity (Wildman–Crippen MR) is 48.8 cm³/mol. The quantitative estimate of drug-likeness (QED) is 0.635. The Labute approximate surface area is 73.4 Å². The summed E-state index contributed by atoms with van der Waals surface area (Å²) in [5.74, 6) is 0. The lowest BCUT2D eigenvalue weighted by Crippen LogP contribution is -2.35. The SMILES string of the molecule is CC(C)=CNC(=O)N1CCCC1. The molecule has 1 N–H and O–H groups in total. The minimum atomic E-state index is 0.0358. The Hall–Kier alpha value is -0.990. The van der Waals surface area contributed by atoms with Crippen LogP contribution in [0.5, 0.6) is 0 Å². The molecule has 0 radical (unpaired) electrons. The van der Waals surface area contributed by atoms with Gasteiger partial charge in [0.15, 0.2) is 0 Å². The molecule has 1 heterocycles. The average Bonchev–Trinajstić information content (AvgIpc) is 2.51. The van der Waals surface area contributed by atoms with Gasteiger partial charge in [-0.3, -0.25) is 0 Å². The van der Waals surface area contributed by atoms with E-state index in [0.717, 1.165) is 31.5 Å². The molecule has 0 aliphatic carbocycles. The second-order valence-corrected chi connectivity index (χ2v) is 3.37. The summed E-state index contributed by atoms with van der Waals surface area (Å²) in [5.41, 5.74) is 1.11. The first-order chi connectivity index (χ1) is 5.70. The zero-order valence-corrected chi connectivity index (χ0v) is 7.76. The number of urea groups is 1. The summed E-state index contributed by atoms with van der Waals surface area (Å²) in [7, 11) is 0. The first kappa shape index (κ1) is 9.10. The number of amides is 2.